The lowest BCUT2D eigenvalue weighted by molar-refractivity contribution is -0.299. The first kappa shape index (κ1) is 30.3. The van der Waals surface area contributed by atoms with Crippen LogP contribution >= 0.6 is 0 Å². The van der Waals surface area contributed by atoms with E-state index in [9.17, 15) is 4.21 Å². The molecule has 2 aromatic carbocycles. The second-order valence-electron chi connectivity index (χ2n) is 12.6. The molecule has 0 aliphatic carbocycles. The van der Waals surface area contributed by atoms with Crippen molar-refractivity contribution in [3.8, 4) is 28.3 Å². The fourth-order valence-corrected chi connectivity index (χ4v) is 6.88. The van der Waals surface area contributed by atoms with Crippen LogP contribution in [0.15, 0.2) is 65.0 Å². The number of ether oxygens (including phenoxy) is 5. The molecule has 11 heteroatoms. The Balaban J connectivity index is 1.20. The van der Waals surface area contributed by atoms with Crippen LogP contribution in [-0.2, 0) is 28.7 Å². The Morgan fingerprint density at radius 2 is 1.69 bits per heavy atom. The van der Waals surface area contributed by atoms with E-state index in [0.29, 0.717) is 48.0 Å². The molecule has 0 radical (unpaired) electrons. The van der Waals surface area contributed by atoms with E-state index in [2.05, 4.69) is 4.36 Å². The predicted molar refractivity (Wildman–Crippen MR) is 171 cm³/mol. The van der Waals surface area contributed by atoms with Crippen LogP contribution < -0.4 is 4.74 Å². The number of pyridine rings is 1. The molecule has 3 fully saturated rings. The van der Waals surface area contributed by atoms with Gasteiger partial charge in [0, 0.05) is 46.5 Å². The Morgan fingerprint density at radius 3 is 2.38 bits per heavy atom. The summed E-state index contributed by atoms with van der Waals surface area (Å²) >= 11 is 0. The lowest BCUT2D eigenvalue weighted by atomic mass is 10.0. The molecule has 0 bridgehead atoms. The molecular weight excluding hydrogens is 597 g/mol. The van der Waals surface area contributed by atoms with E-state index in [1.54, 1.807) is 12.5 Å². The first-order valence-corrected chi connectivity index (χ1v) is 17.7. The normalized spacial score (nSPS) is 24.8. The van der Waals surface area contributed by atoms with Gasteiger partial charge in [-0.3, -0.25) is 4.57 Å². The van der Waals surface area contributed by atoms with Crippen molar-refractivity contribution >= 4 is 26.4 Å². The van der Waals surface area contributed by atoms with Gasteiger partial charge in [-0.05, 0) is 56.4 Å². The van der Waals surface area contributed by atoms with Crippen molar-refractivity contribution in [3.63, 3.8) is 0 Å². The zero-order valence-electron chi connectivity index (χ0n) is 25.9. The highest BCUT2D eigenvalue weighted by Gasteiger charge is 2.47. The summed E-state index contributed by atoms with van der Waals surface area (Å²) in [5.41, 5.74) is 4.77. The quantitative estimate of drug-likeness (QED) is 0.228. The fourth-order valence-electron chi connectivity index (χ4n) is 6.25. The van der Waals surface area contributed by atoms with Gasteiger partial charge in [-0.25, -0.2) is 13.6 Å². The molecule has 3 aliphatic rings. The number of fused-ring (bicyclic) bond motifs is 2. The van der Waals surface area contributed by atoms with Gasteiger partial charge in [0.1, 0.15) is 24.1 Å². The van der Waals surface area contributed by atoms with E-state index in [0.717, 1.165) is 30.4 Å². The molecule has 0 spiro atoms. The molecule has 238 valence electrons. The molecule has 1 unspecified atom stereocenters. The summed E-state index contributed by atoms with van der Waals surface area (Å²) in [6, 6.07) is 18.6. The van der Waals surface area contributed by atoms with Crippen LogP contribution in [0.2, 0.25) is 0 Å². The molecule has 3 aliphatic heterocycles. The van der Waals surface area contributed by atoms with E-state index >= 15 is 4.39 Å². The van der Waals surface area contributed by atoms with Gasteiger partial charge in [0.2, 0.25) is 0 Å². The lowest BCUT2D eigenvalue weighted by Crippen LogP contribution is -2.51. The molecule has 3 saturated heterocycles. The van der Waals surface area contributed by atoms with E-state index in [1.807, 2.05) is 73.0 Å². The zero-order valence-corrected chi connectivity index (χ0v) is 26.7. The minimum atomic E-state index is -2.23. The van der Waals surface area contributed by atoms with Crippen LogP contribution in [0.3, 0.4) is 0 Å². The van der Waals surface area contributed by atoms with Gasteiger partial charge in [0.25, 0.3) is 0 Å². The van der Waals surface area contributed by atoms with Crippen molar-refractivity contribution in [2.45, 2.75) is 63.4 Å². The topological polar surface area (TPSA) is 93.4 Å². The average molecular weight is 636 g/mol. The number of hydrogen-bond donors (Lipinski definition) is 0. The van der Waals surface area contributed by atoms with Crippen molar-refractivity contribution in [3.05, 3.63) is 66.5 Å². The van der Waals surface area contributed by atoms with Gasteiger partial charge in [0.15, 0.2) is 23.6 Å². The third kappa shape index (κ3) is 6.37. The Bertz CT molecular complexity index is 1820. The molecule has 9 nitrogen and oxygen atoms in total. The maximum atomic E-state index is 15.8. The average Bonchev–Trinajstić information content (AvgIpc) is 3.56. The second-order valence-corrected chi connectivity index (χ2v) is 15.2. The van der Waals surface area contributed by atoms with Gasteiger partial charge in [0.05, 0.1) is 29.9 Å². The van der Waals surface area contributed by atoms with Crippen molar-refractivity contribution in [1.29, 1.82) is 0 Å². The molecule has 5 heterocycles. The highest BCUT2D eigenvalue weighted by molar-refractivity contribution is 7.92. The van der Waals surface area contributed by atoms with Crippen LogP contribution in [0.25, 0.3) is 33.4 Å². The summed E-state index contributed by atoms with van der Waals surface area (Å²) < 4.78 is 64.7. The minimum Gasteiger partial charge on any atom is -0.470 e. The van der Waals surface area contributed by atoms with E-state index in [4.69, 9.17) is 28.7 Å². The van der Waals surface area contributed by atoms with Crippen LogP contribution in [0.5, 0.6) is 5.88 Å². The van der Waals surface area contributed by atoms with Crippen molar-refractivity contribution in [1.82, 2.24) is 9.55 Å². The predicted octanol–water partition coefficient (Wildman–Crippen LogP) is 6.87. The number of halogens is 1. The van der Waals surface area contributed by atoms with Crippen molar-refractivity contribution in [2.75, 3.05) is 32.3 Å². The standard InChI is InChI=1S/C34H38FN3O6S/c1-34(2)42-20-28-33(44-34)29(19-41-28)43-31-18-26-27(38(31)30-7-5-6-16-40-30)17-25(35)32(36-26)23-10-8-21(9-11-23)22-12-14-24(15-13-22)37-45(3,4)39/h8-15,17-18,28-30,33H,5-7,16,19-20H2,1-4H3/t28-,29-,30?,33+/m1/s1. The molecule has 7 rings (SSSR count). The Labute approximate surface area is 262 Å². The van der Waals surface area contributed by atoms with Crippen LogP contribution in [0.1, 0.15) is 39.3 Å². The van der Waals surface area contributed by atoms with Crippen LogP contribution in [0, 0.1) is 5.82 Å². The Kier molecular flexibility index (Phi) is 7.94. The SMILES string of the molecule is CC1(C)OC[C@H]2OC[C@@H](Oc3cc4nc(-c5ccc(-c6ccc(N=S(C)(C)=O)cc6)cc5)c(F)cc4n3C3CCCCO3)[C@H]2O1. The molecule has 45 heavy (non-hydrogen) atoms. The minimum absolute atomic E-state index is 0.212. The van der Waals surface area contributed by atoms with E-state index in [1.165, 1.54) is 6.07 Å². The first-order chi connectivity index (χ1) is 21.5. The molecule has 2 aromatic heterocycles. The third-order valence-corrected chi connectivity index (χ3v) is 9.01. The number of nitrogens with zero attached hydrogens (tertiary/aromatic N) is 3. The second kappa shape index (κ2) is 11.8. The summed E-state index contributed by atoms with van der Waals surface area (Å²) in [4.78, 5) is 4.79. The summed E-state index contributed by atoms with van der Waals surface area (Å²) in [5, 5.41) is 0. The number of hydrogen-bond acceptors (Lipinski definition) is 8. The highest BCUT2D eigenvalue weighted by atomic mass is 32.2. The summed E-state index contributed by atoms with van der Waals surface area (Å²) in [6.07, 6.45) is 4.84. The lowest BCUT2D eigenvalue weighted by Gasteiger charge is -2.38. The maximum Gasteiger partial charge on any atom is 0.198 e. The number of rotatable bonds is 6. The molecule has 0 saturated carbocycles. The molecule has 0 N–H and O–H groups in total. The Hall–Kier alpha value is -3.35. The molecule has 0 amide bonds. The summed E-state index contributed by atoms with van der Waals surface area (Å²) in [7, 11) is -2.23. The zero-order chi connectivity index (χ0) is 31.3. The van der Waals surface area contributed by atoms with E-state index < -0.39 is 21.3 Å². The van der Waals surface area contributed by atoms with Crippen LogP contribution in [-0.4, -0.2) is 70.2 Å². The summed E-state index contributed by atoms with van der Waals surface area (Å²) in [6.45, 7) is 5.19. The van der Waals surface area contributed by atoms with Crippen molar-refractivity contribution < 1.29 is 32.3 Å². The van der Waals surface area contributed by atoms with Gasteiger partial charge in [-0.15, -0.1) is 0 Å². The van der Waals surface area contributed by atoms with E-state index in [-0.39, 0.29) is 30.2 Å². The third-order valence-electron chi connectivity index (χ3n) is 8.36. The highest BCUT2D eigenvalue weighted by Crippen LogP contribution is 2.39. The molecule has 4 aromatic rings. The van der Waals surface area contributed by atoms with Gasteiger partial charge in [-0.1, -0.05) is 36.4 Å². The van der Waals surface area contributed by atoms with Gasteiger partial charge < -0.3 is 23.7 Å². The largest absolute Gasteiger partial charge is 0.470 e. The first-order valence-electron chi connectivity index (χ1n) is 15.3. The monoisotopic (exact) mass is 635 g/mol. The summed E-state index contributed by atoms with van der Waals surface area (Å²) in [5.74, 6) is -0.611. The van der Waals surface area contributed by atoms with Gasteiger partial charge >= 0.3 is 0 Å². The smallest absolute Gasteiger partial charge is 0.198 e. The molecule has 4 atom stereocenters. The van der Waals surface area contributed by atoms with Crippen LogP contribution in [0.4, 0.5) is 10.1 Å². The number of benzene rings is 2. The maximum absolute atomic E-state index is 15.8. The fraction of sp³-hybridized carbons (Fsp3) is 0.441. The van der Waals surface area contributed by atoms with Crippen molar-refractivity contribution in [2.24, 2.45) is 4.36 Å². The Morgan fingerprint density at radius 1 is 0.978 bits per heavy atom. The molecular formula is C34H38FN3O6S. The van der Waals surface area contributed by atoms with Gasteiger partial charge in [-0.2, -0.15) is 4.36 Å². The number of aromatic nitrogens is 2.